The van der Waals surface area contributed by atoms with Gasteiger partial charge in [-0.2, -0.15) is 10.5 Å². The largest absolute Gasteiger partial charge is 0.422 e. The first kappa shape index (κ1) is 22.7. The maximum absolute atomic E-state index is 13.6. The molecule has 0 saturated carbocycles. The second kappa shape index (κ2) is 8.43. The van der Waals surface area contributed by atoms with Crippen LogP contribution in [0.4, 0.5) is 0 Å². The maximum Gasteiger partial charge on any atom is 0.340 e. The molecule has 1 atom stereocenters. The fourth-order valence-electron chi connectivity index (χ4n) is 6.02. The Kier molecular flexibility index (Phi) is 5.18. The van der Waals surface area contributed by atoms with Gasteiger partial charge in [0.25, 0.3) is 0 Å². The molecule has 0 saturated heterocycles. The van der Waals surface area contributed by atoms with E-state index in [9.17, 15) is 20.1 Å². The zero-order chi connectivity index (χ0) is 25.7. The monoisotopic (exact) mass is 482 g/mol. The van der Waals surface area contributed by atoms with Crippen LogP contribution in [0.2, 0.25) is 0 Å². The van der Waals surface area contributed by atoms with E-state index in [1.165, 1.54) is 0 Å². The summed E-state index contributed by atoms with van der Waals surface area (Å²) in [6, 6.07) is 26.9. The molecule has 4 aromatic rings. The van der Waals surface area contributed by atoms with Gasteiger partial charge in [0, 0.05) is 23.3 Å². The molecule has 2 aliphatic rings. The van der Waals surface area contributed by atoms with Crippen LogP contribution in [0.5, 0.6) is 0 Å². The molecule has 37 heavy (non-hydrogen) atoms. The lowest BCUT2D eigenvalue weighted by Gasteiger charge is -2.41. The van der Waals surface area contributed by atoms with Gasteiger partial charge in [-0.05, 0) is 53.7 Å². The van der Waals surface area contributed by atoms with Crippen LogP contribution in [0.15, 0.2) is 82.0 Å². The Morgan fingerprint density at radius 2 is 1.68 bits per heavy atom. The van der Waals surface area contributed by atoms with Crippen LogP contribution < -0.4 is 5.63 Å². The number of carbonyl (C=O) groups excluding carboxylic acids is 1. The quantitative estimate of drug-likeness (QED) is 0.250. The Morgan fingerprint density at radius 3 is 2.43 bits per heavy atom. The number of fused-ring (bicyclic) bond motifs is 6. The van der Waals surface area contributed by atoms with Crippen molar-refractivity contribution in [2.24, 2.45) is 5.41 Å². The van der Waals surface area contributed by atoms with Gasteiger partial charge in [-0.1, -0.05) is 72.3 Å². The number of carbonyl (C=O) groups is 1. The van der Waals surface area contributed by atoms with Gasteiger partial charge in [0.15, 0.2) is 11.2 Å². The molecule has 3 aromatic carbocycles. The number of allylic oxidation sites excluding steroid dienone is 2. The molecule has 0 bridgehead atoms. The zero-order valence-corrected chi connectivity index (χ0v) is 20.2. The third-order valence-electron chi connectivity index (χ3n) is 7.76. The summed E-state index contributed by atoms with van der Waals surface area (Å²) < 4.78 is 5.72. The second-order valence-electron chi connectivity index (χ2n) is 9.76. The number of benzene rings is 3. The van der Waals surface area contributed by atoms with E-state index in [1.807, 2.05) is 55.5 Å². The van der Waals surface area contributed by atoms with Gasteiger partial charge >= 0.3 is 5.63 Å². The molecule has 1 aromatic heterocycles. The average molecular weight is 483 g/mol. The summed E-state index contributed by atoms with van der Waals surface area (Å²) in [6.45, 7) is 1.94. The summed E-state index contributed by atoms with van der Waals surface area (Å²) in [4.78, 5) is 27.1. The minimum Gasteiger partial charge on any atom is -0.422 e. The topological polar surface area (TPSA) is 94.9 Å². The maximum atomic E-state index is 13.6. The number of nitriles is 2. The number of Topliss-reactive ketones (excluding diaryl/α,β-unsaturated/α-hetero) is 1. The lowest BCUT2D eigenvalue weighted by molar-refractivity contribution is 0.0966. The fourth-order valence-corrected chi connectivity index (χ4v) is 6.02. The van der Waals surface area contributed by atoms with E-state index < -0.39 is 17.0 Å². The van der Waals surface area contributed by atoms with Gasteiger partial charge < -0.3 is 4.42 Å². The third-order valence-corrected chi connectivity index (χ3v) is 7.76. The molecular weight excluding hydrogens is 460 g/mol. The van der Waals surface area contributed by atoms with Crippen molar-refractivity contribution in [2.75, 3.05) is 0 Å². The van der Waals surface area contributed by atoms with E-state index in [0.29, 0.717) is 28.7 Å². The van der Waals surface area contributed by atoms with Gasteiger partial charge in [-0.25, -0.2) is 4.79 Å². The average Bonchev–Trinajstić information content (AvgIpc) is 2.93. The number of rotatable bonds is 3. The molecule has 0 N–H and O–H groups in total. The summed E-state index contributed by atoms with van der Waals surface area (Å²) in [6.07, 6.45) is 1.14. The van der Waals surface area contributed by atoms with Gasteiger partial charge in [0.2, 0.25) is 0 Å². The van der Waals surface area contributed by atoms with Crippen LogP contribution in [0.25, 0.3) is 22.1 Å². The molecule has 1 unspecified atom stereocenters. The highest BCUT2D eigenvalue weighted by molar-refractivity contribution is 6.08. The molecule has 5 nitrogen and oxygen atoms in total. The molecule has 0 fully saturated rings. The van der Waals surface area contributed by atoms with Crippen LogP contribution in [0, 0.1) is 35.0 Å². The van der Waals surface area contributed by atoms with E-state index in [-0.39, 0.29) is 17.8 Å². The van der Waals surface area contributed by atoms with E-state index in [4.69, 9.17) is 4.42 Å². The predicted octanol–water partition coefficient (Wildman–Crippen LogP) is 6.36. The smallest absolute Gasteiger partial charge is 0.340 e. The minimum absolute atomic E-state index is 0.167. The Hall–Kier alpha value is -4.74. The Morgan fingerprint density at radius 1 is 0.973 bits per heavy atom. The van der Waals surface area contributed by atoms with Crippen molar-refractivity contribution in [2.45, 2.75) is 32.1 Å². The fraction of sp³-hybridized carbons (Fsp3) is 0.188. The molecule has 6 rings (SSSR count). The second-order valence-corrected chi connectivity index (χ2v) is 9.76. The van der Waals surface area contributed by atoms with E-state index in [0.717, 1.165) is 34.1 Å². The van der Waals surface area contributed by atoms with Crippen molar-refractivity contribution < 1.29 is 9.21 Å². The molecule has 0 amide bonds. The number of aryl methyl sites for hydroxylation is 2. The van der Waals surface area contributed by atoms with Gasteiger partial charge in [-0.3, -0.25) is 4.79 Å². The van der Waals surface area contributed by atoms with E-state index in [1.54, 1.807) is 24.3 Å². The van der Waals surface area contributed by atoms with Crippen LogP contribution in [-0.2, 0) is 6.42 Å². The summed E-state index contributed by atoms with van der Waals surface area (Å²) in [5.74, 6) is -1.22. The number of para-hydroxylation sites is 1. The van der Waals surface area contributed by atoms with Gasteiger partial charge in [0.1, 0.15) is 5.58 Å². The number of hydrogen-bond donors (Lipinski definition) is 0. The van der Waals surface area contributed by atoms with Crippen molar-refractivity contribution in [1.29, 1.82) is 10.5 Å². The lowest BCUT2D eigenvalue weighted by atomic mass is 9.57. The zero-order valence-electron chi connectivity index (χ0n) is 20.2. The van der Waals surface area contributed by atoms with Crippen LogP contribution in [-0.4, -0.2) is 5.78 Å². The first-order valence-electron chi connectivity index (χ1n) is 12.3. The summed E-state index contributed by atoms with van der Waals surface area (Å²) >= 11 is 0. The SMILES string of the molecule is Cc1ccc(C(=O)CC2c3c(c4ccccc4oc3=O)C3=C(c4ccccc4CC3)C2(C#N)C#N)cc1. The number of ketones is 1. The van der Waals surface area contributed by atoms with Crippen molar-refractivity contribution in [3.63, 3.8) is 0 Å². The lowest BCUT2D eigenvalue weighted by Crippen LogP contribution is -2.38. The third kappa shape index (κ3) is 3.29. The highest BCUT2D eigenvalue weighted by Crippen LogP contribution is 2.59. The van der Waals surface area contributed by atoms with Crippen molar-refractivity contribution in [3.8, 4) is 12.1 Å². The van der Waals surface area contributed by atoms with Crippen LogP contribution in [0.3, 0.4) is 0 Å². The summed E-state index contributed by atoms with van der Waals surface area (Å²) in [5, 5.41) is 22.1. The number of hydrogen-bond acceptors (Lipinski definition) is 5. The van der Waals surface area contributed by atoms with Crippen LogP contribution >= 0.6 is 0 Å². The van der Waals surface area contributed by atoms with Crippen LogP contribution in [0.1, 0.15) is 56.9 Å². The normalized spacial score (nSPS) is 17.2. The minimum atomic E-state index is -1.73. The number of nitrogens with zero attached hydrogens (tertiary/aromatic N) is 2. The summed E-state index contributed by atoms with van der Waals surface area (Å²) in [5.41, 5.74) is 3.89. The van der Waals surface area contributed by atoms with E-state index >= 15 is 0 Å². The van der Waals surface area contributed by atoms with Gasteiger partial charge in [-0.15, -0.1) is 0 Å². The van der Waals surface area contributed by atoms with Crippen molar-refractivity contribution in [1.82, 2.24) is 0 Å². The van der Waals surface area contributed by atoms with E-state index in [2.05, 4.69) is 12.1 Å². The Bertz CT molecular complexity index is 1760. The highest BCUT2D eigenvalue weighted by atomic mass is 16.4. The molecule has 0 aliphatic heterocycles. The predicted molar refractivity (Wildman–Crippen MR) is 141 cm³/mol. The molecule has 1 heterocycles. The Labute approximate surface area is 213 Å². The standard InChI is InChI=1S/C32H22N2O3/c1-19-10-12-21(13-11-19)26(35)16-25-29-28(23-8-4-5-9-27(23)37-31(29)36)24-15-14-20-6-2-3-7-22(20)30(24)32(25,17-33)18-34/h2-13,25H,14-16H2,1H3. The van der Waals surface area contributed by atoms with Crippen molar-refractivity contribution >= 4 is 27.9 Å². The van der Waals surface area contributed by atoms with Crippen molar-refractivity contribution in [3.05, 3.63) is 117 Å². The van der Waals surface area contributed by atoms with Gasteiger partial charge in [0.05, 0.1) is 17.7 Å². The molecule has 2 aliphatic carbocycles. The highest BCUT2D eigenvalue weighted by Gasteiger charge is 2.53. The first-order valence-corrected chi connectivity index (χ1v) is 12.3. The molecule has 0 radical (unpaired) electrons. The molecule has 178 valence electrons. The summed E-state index contributed by atoms with van der Waals surface area (Å²) in [7, 11) is 0. The molecular formula is C32H22N2O3. The first-order chi connectivity index (χ1) is 18.0. The Balaban J connectivity index is 1.69. The molecule has 0 spiro atoms. The molecule has 5 heteroatoms.